The lowest BCUT2D eigenvalue weighted by Crippen LogP contribution is -2.39. The molecule has 2 aromatic carbocycles. The van der Waals surface area contributed by atoms with Gasteiger partial charge in [0.25, 0.3) is 0 Å². The zero-order chi connectivity index (χ0) is 29.0. The number of benzene rings is 2. The molecule has 1 aliphatic heterocycles. The number of hydrogen-bond donors (Lipinski definition) is 2. The molecule has 0 radical (unpaired) electrons. The molecular formula is C32H28BrNO7. The number of allylic oxidation sites excluding steroid dienone is 6. The number of fused-ring (bicyclic) bond motifs is 4. The molecule has 0 aromatic heterocycles. The number of hydrogen-bond acceptors (Lipinski definition) is 6. The maximum atomic E-state index is 13.8. The number of rotatable bonds is 7. The maximum absolute atomic E-state index is 13.8. The van der Waals surface area contributed by atoms with Gasteiger partial charge in [0.1, 0.15) is 5.75 Å². The van der Waals surface area contributed by atoms with Gasteiger partial charge in [-0.25, -0.2) is 0 Å². The number of carboxylic acids is 1. The third-order valence-corrected chi connectivity index (χ3v) is 9.53. The number of carbonyl (C=O) groups excluding carboxylic acids is 4. The molecule has 2 N–H and O–H groups in total. The van der Waals surface area contributed by atoms with Gasteiger partial charge in [0.2, 0.25) is 11.8 Å². The number of amides is 2. The van der Waals surface area contributed by atoms with Crippen LogP contribution in [-0.4, -0.2) is 51.0 Å². The molecule has 1 fully saturated rings. The number of Topliss-reactive ketones (excluding diaryl/α,β-unsaturated/α-hetero) is 1. The minimum absolute atomic E-state index is 0.0457. The predicted octanol–water partition coefficient (Wildman–Crippen LogP) is 4.95. The molecule has 4 unspecified atom stereocenters. The highest BCUT2D eigenvalue weighted by molar-refractivity contribution is 9.12. The number of ketones is 2. The van der Waals surface area contributed by atoms with E-state index in [1.165, 1.54) is 11.0 Å². The van der Waals surface area contributed by atoms with Gasteiger partial charge in [-0.1, -0.05) is 48.4 Å². The third-order valence-electron chi connectivity index (χ3n) is 8.94. The normalized spacial score (nSPS) is 25.6. The Morgan fingerprint density at radius 1 is 0.951 bits per heavy atom. The lowest BCUT2D eigenvalue weighted by Gasteiger charge is -2.42. The quantitative estimate of drug-likeness (QED) is 0.194. The lowest BCUT2D eigenvalue weighted by atomic mass is 9.59. The van der Waals surface area contributed by atoms with Crippen molar-refractivity contribution in [2.24, 2.45) is 17.8 Å². The molecule has 2 amide bonds. The molecule has 41 heavy (non-hydrogen) atoms. The van der Waals surface area contributed by atoms with Gasteiger partial charge in [-0.3, -0.25) is 28.9 Å². The fraction of sp³-hybridized carbons (Fsp3) is 0.344. The van der Waals surface area contributed by atoms with Crippen LogP contribution in [0.5, 0.6) is 5.75 Å². The van der Waals surface area contributed by atoms with Crippen molar-refractivity contribution in [3.05, 3.63) is 75.3 Å². The topological polar surface area (TPSA) is 129 Å². The van der Waals surface area contributed by atoms with Crippen LogP contribution in [-0.2, 0) is 24.0 Å². The van der Waals surface area contributed by atoms with Crippen molar-refractivity contribution in [3.8, 4) is 5.75 Å². The number of aromatic hydroxyl groups is 1. The van der Waals surface area contributed by atoms with E-state index < -0.39 is 29.6 Å². The highest BCUT2D eigenvalue weighted by Gasteiger charge is 2.56. The monoisotopic (exact) mass is 617 g/mol. The summed E-state index contributed by atoms with van der Waals surface area (Å²) in [5.41, 5.74) is 2.38. The smallest absolute Gasteiger partial charge is 0.303 e. The van der Waals surface area contributed by atoms with Gasteiger partial charge in [0, 0.05) is 41.5 Å². The molecule has 1 heterocycles. The molecule has 9 heteroatoms. The Hall–Kier alpha value is -3.85. The lowest BCUT2D eigenvalue weighted by molar-refractivity contribution is -0.141. The fourth-order valence-corrected chi connectivity index (χ4v) is 7.58. The van der Waals surface area contributed by atoms with Crippen LogP contribution in [0.15, 0.2) is 69.8 Å². The first kappa shape index (κ1) is 27.3. The second-order valence-corrected chi connectivity index (χ2v) is 12.0. The van der Waals surface area contributed by atoms with E-state index in [0.717, 1.165) is 16.5 Å². The van der Waals surface area contributed by atoms with Gasteiger partial charge in [-0.15, -0.1) is 0 Å². The molecule has 0 spiro atoms. The van der Waals surface area contributed by atoms with Gasteiger partial charge in [-0.05, 0) is 64.5 Å². The minimum atomic E-state index is -0.873. The third kappa shape index (κ3) is 4.47. The molecule has 3 aliphatic carbocycles. The largest absolute Gasteiger partial charge is 0.507 e. The first-order valence-electron chi connectivity index (χ1n) is 13.9. The SMILES string of the molecule is O=C(O)CCCCCN1C(=O)C2CC=C3C(c4ccc(O)c5ccccc45)C4=C(CC3C2C1=O)C(=O)C(Br)=CC4=O. The van der Waals surface area contributed by atoms with E-state index in [2.05, 4.69) is 15.9 Å². The van der Waals surface area contributed by atoms with Crippen molar-refractivity contribution in [2.75, 3.05) is 6.54 Å². The number of likely N-dealkylation sites (tertiary alicyclic amines) is 1. The van der Waals surface area contributed by atoms with E-state index in [1.807, 2.05) is 24.3 Å². The number of carbonyl (C=O) groups is 5. The summed E-state index contributed by atoms with van der Waals surface area (Å²) >= 11 is 3.25. The standard InChI is InChI=1S/C32H28BrNO7/c33-23-15-25(36)29-22(30(23)39)14-21-19(27(29)18-11-12-24(35)17-7-4-3-6-16(17)18)9-10-20-28(21)32(41)34(31(20)40)13-5-1-2-8-26(37)38/h3-4,6-7,9,11-12,15,20-21,27-28,35H,1-2,5,8,10,13-14H2,(H,37,38). The van der Waals surface area contributed by atoms with Crippen LogP contribution in [0.25, 0.3) is 10.8 Å². The van der Waals surface area contributed by atoms with Gasteiger partial charge >= 0.3 is 5.97 Å². The molecule has 6 rings (SSSR count). The van der Waals surface area contributed by atoms with Crippen LogP contribution in [0.2, 0.25) is 0 Å². The number of unbranched alkanes of at least 4 members (excludes halogenated alkanes) is 2. The highest BCUT2D eigenvalue weighted by atomic mass is 79.9. The average Bonchev–Trinajstić information content (AvgIpc) is 3.20. The average molecular weight is 618 g/mol. The summed E-state index contributed by atoms with van der Waals surface area (Å²) < 4.78 is 0.173. The van der Waals surface area contributed by atoms with Gasteiger partial charge in [-0.2, -0.15) is 0 Å². The van der Waals surface area contributed by atoms with Crippen LogP contribution in [0.3, 0.4) is 0 Å². The minimum Gasteiger partial charge on any atom is -0.507 e. The van der Waals surface area contributed by atoms with Crippen molar-refractivity contribution in [3.63, 3.8) is 0 Å². The van der Waals surface area contributed by atoms with E-state index in [1.54, 1.807) is 18.2 Å². The molecule has 2 aromatic rings. The Morgan fingerprint density at radius 3 is 2.46 bits per heavy atom. The summed E-state index contributed by atoms with van der Waals surface area (Å²) in [4.78, 5) is 66.3. The summed E-state index contributed by atoms with van der Waals surface area (Å²) in [6, 6.07) is 10.7. The Balaban J connectivity index is 1.41. The molecule has 8 nitrogen and oxygen atoms in total. The second-order valence-electron chi connectivity index (χ2n) is 11.1. The molecule has 4 aliphatic rings. The Bertz CT molecular complexity index is 1630. The first-order valence-corrected chi connectivity index (χ1v) is 14.6. The molecule has 1 saturated heterocycles. The summed E-state index contributed by atoms with van der Waals surface area (Å²) in [5.74, 6) is -4.05. The van der Waals surface area contributed by atoms with Gasteiger partial charge < -0.3 is 10.2 Å². The van der Waals surface area contributed by atoms with E-state index >= 15 is 0 Å². The summed E-state index contributed by atoms with van der Waals surface area (Å²) in [6.45, 7) is 0.234. The van der Waals surface area contributed by atoms with Crippen LogP contribution < -0.4 is 0 Å². The molecule has 0 saturated carbocycles. The molecule has 210 valence electrons. The first-order chi connectivity index (χ1) is 19.7. The van der Waals surface area contributed by atoms with Crippen molar-refractivity contribution in [2.45, 2.75) is 44.4 Å². The summed E-state index contributed by atoms with van der Waals surface area (Å²) in [7, 11) is 0. The summed E-state index contributed by atoms with van der Waals surface area (Å²) in [6.07, 6.45) is 5.47. The van der Waals surface area contributed by atoms with Gasteiger partial charge in [0.15, 0.2) is 11.6 Å². The van der Waals surface area contributed by atoms with Crippen molar-refractivity contribution in [1.29, 1.82) is 0 Å². The number of carboxylic acid groups (broad SMARTS) is 1. The van der Waals surface area contributed by atoms with Crippen LogP contribution in [0.1, 0.15) is 50.0 Å². The van der Waals surface area contributed by atoms with E-state index in [-0.39, 0.29) is 53.0 Å². The highest BCUT2D eigenvalue weighted by Crippen LogP contribution is 2.56. The van der Waals surface area contributed by atoms with E-state index in [9.17, 15) is 29.1 Å². The number of imide groups is 1. The molecular weight excluding hydrogens is 590 g/mol. The zero-order valence-corrected chi connectivity index (χ0v) is 23.7. The van der Waals surface area contributed by atoms with Crippen LogP contribution >= 0.6 is 15.9 Å². The number of halogens is 1. The fourth-order valence-electron chi connectivity index (χ4n) is 7.13. The Labute approximate surface area is 244 Å². The number of nitrogens with zero attached hydrogens (tertiary/aromatic N) is 1. The Morgan fingerprint density at radius 2 is 1.71 bits per heavy atom. The van der Waals surface area contributed by atoms with Crippen LogP contribution in [0.4, 0.5) is 0 Å². The van der Waals surface area contributed by atoms with E-state index in [0.29, 0.717) is 42.2 Å². The number of phenols is 1. The predicted molar refractivity (Wildman–Crippen MR) is 153 cm³/mol. The zero-order valence-electron chi connectivity index (χ0n) is 22.1. The van der Waals surface area contributed by atoms with Crippen molar-refractivity contribution in [1.82, 2.24) is 4.90 Å². The van der Waals surface area contributed by atoms with Crippen molar-refractivity contribution < 1.29 is 34.2 Å². The molecule has 0 bridgehead atoms. The van der Waals surface area contributed by atoms with Crippen LogP contribution in [0, 0.1) is 17.8 Å². The van der Waals surface area contributed by atoms with Gasteiger partial charge in [0.05, 0.1) is 16.3 Å². The summed E-state index contributed by atoms with van der Waals surface area (Å²) in [5, 5.41) is 20.8. The second kappa shape index (κ2) is 10.5. The number of phenolic OH excluding ortho intramolecular Hbond substituents is 1. The maximum Gasteiger partial charge on any atom is 0.303 e. The number of aliphatic carboxylic acids is 1. The van der Waals surface area contributed by atoms with E-state index in [4.69, 9.17) is 5.11 Å². The Kier molecular flexibility index (Phi) is 7.01. The van der Waals surface area contributed by atoms with Crippen molar-refractivity contribution >= 4 is 56.1 Å². The molecule has 4 atom stereocenters.